The molecule has 0 unspecified atom stereocenters. The molecule has 1 amide bonds. The Labute approximate surface area is 130 Å². The second kappa shape index (κ2) is 5.54. The highest BCUT2D eigenvalue weighted by atomic mass is 32.1. The first-order valence-electron chi connectivity index (χ1n) is 7.12. The lowest BCUT2D eigenvalue weighted by molar-refractivity contribution is 0.0846. The zero-order chi connectivity index (χ0) is 15.0. The summed E-state index contributed by atoms with van der Waals surface area (Å²) >= 11 is 5.56. The molecule has 0 spiro atoms. The molecule has 3 nitrogen and oxygen atoms in total. The molecule has 1 heterocycles. The fourth-order valence-corrected chi connectivity index (χ4v) is 3.17. The van der Waals surface area contributed by atoms with Crippen LogP contribution in [0.3, 0.4) is 0 Å². The highest BCUT2D eigenvalue weighted by Gasteiger charge is 2.29. The summed E-state index contributed by atoms with van der Waals surface area (Å²) in [5, 5.41) is 2.08. The predicted octanol–water partition coefficient (Wildman–Crippen LogP) is 2.92. The monoisotopic (exact) mass is 298 g/mol. The van der Waals surface area contributed by atoms with E-state index in [0.29, 0.717) is 11.5 Å². The maximum Gasteiger partial charge on any atom is 0.259 e. The topological polar surface area (TPSA) is 23.6 Å². The second-order valence-corrected chi connectivity index (χ2v) is 6.01. The number of carbonyl (C=O) groups is 1. The highest BCUT2D eigenvalue weighted by molar-refractivity contribution is 7.80. The quantitative estimate of drug-likeness (QED) is 0.811. The second-order valence-electron chi connectivity index (χ2n) is 5.63. The van der Waals surface area contributed by atoms with Gasteiger partial charge in [-0.2, -0.15) is 0 Å². The molecular formula is C17H18N2OS. The molecule has 0 radical (unpaired) electrons. The van der Waals surface area contributed by atoms with Crippen molar-refractivity contribution in [2.24, 2.45) is 0 Å². The van der Waals surface area contributed by atoms with Crippen LogP contribution in [0.15, 0.2) is 36.4 Å². The van der Waals surface area contributed by atoms with Crippen LogP contribution in [0.1, 0.15) is 22.3 Å². The summed E-state index contributed by atoms with van der Waals surface area (Å²) in [5.41, 5.74) is 1.77. The van der Waals surface area contributed by atoms with Crippen molar-refractivity contribution in [3.8, 4) is 0 Å². The van der Waals surface area contributed by atoms with Gasteiger partial charge in [-0.1, -0.05) is 42.5 Å². The highest BCUT2D eigenvalue weighted by Crippen LogP contribution is 2.30. The van der Waals surface area contributed by atoms with Crippen LogP contribution in [0.25, 0.3) is 10.8 Å². The summed E-state index contributed by atoms with van der Waals surface area (Å²) in [6, 6.07) is 11.9. The lowest BCUT2D eigenvalue weighted by atomic mass is 9.94. The van der Waals surface area contributed by atoms with Gasteiger partial charge in [-0.3, -0.25) is 9.69 Å². The van der Waals surface area contributed by atoms with Crippen LogP contribution >= 0.6 is 12.2 Å². The standard InChI is InChI=1S/C17H18N2OS/c1-18(2)10-5-11-19-16(20)13-8-3-6-12-7-4-9-14(15(12)13)17(19)21/h3-4,6-9H,5,10-11H2,1-2H3. The van der Waals surface area contributed by atoms with E-state index < -0.39 is 0 Å². The smallest absolute Gasteiger partial charge is 0.259 e. The Hall–Kier alpha value is -1.78. The van der Waals surface area contributed by atoms with Gasteiger partial charge in [0, 0.05) is 23.1 Å². The van der Waals surface area contributed by atoms with Gasteiger partial charge in [0.2, 0.25) is 0 Å². The first-order chi connectivity index (χ1) is 10.1. The fourth-order valence-electron chi connectivity index (χ4n) is 2.83. The Balaban J connectivity index is 1.99. The third-order valence-electron chi connectivity index (χ3n) is 3.84. The van der Waals surface area contributed by atoms with E-state index in [9.17, 15) is 4.79 Å². The van der Waals surface area contributed by atoms with Gasteiger partial charge in [-0.25, -0.2) is 0 Å². The molecule has 0 fully saturated rings. The molecule has 108 valence electrons. The van der Waals surface area contributed by atoms with Crippen molar-refractivity contribution in [1.82, 2.24) is 9.80 Å². The van der Waals surface area contributed by atoms with Crippen molar-refractivity contribution in [3.05, 3.63) is 47.5 Å². The minimum atomic E-state index is 0.0306. The van der Waals surface area contributed by atoms with Gasteiger partial charge in [0.1, 0.15) is 4.99 Å². The van der Waals surface area contributed by atoms with E-state index in [2.05, 4.69) is 4.90 Å². The minimum Gasteiger partial charge on any atom is -0.309 e. The number of nitrogens with zero attached hydrogens (tertiary/aromatic N) is 2. The summed E-state index contributed by atoms with van der Waals surface area (Å²) < 4.78 is 0. The number of thiocarbonyl (C=S) groups is 1. The molecule has 0 aromatic heterocycles. The van der Waals surface area contributed by atoms with Gasteiger partial charge >= 0.3 is 0 Å². The zero-order valence-electron chi connectivity index (χ0n) is 12.3. The fraction of sp³-hybridized carbons (Fsp3) is 0.294. The van der Waals surface area contributed by atoms with Gasteiger partial charge in [0.15, 0.2) is 0 Å². The molecule has 1 aliphatic heterocycles. The van der Waals surface area contributed by atoms with Gasteiger partial charge in [0.25, 0.3) is 5.91 Å². The summed E-state index contributed by atoms with van der Waals surface area (Å²) in [4.78, 5) is 17.2. The van der Waals surface area contributed by atoms with E-state index in [0.717, 1.165) is 34.9 Å². The molecule has 21 heavy (non-hydrogen) atoms. The molecule has 2 aromatic carbocycles. The Morgan fingerprint density at radius 3 is 2.43 bits per heavy atom. The molecule has 0 aliphatic carbocycles. The summed E-state index contributed by atoms with van der Waals surface area (Å²) in [6.07, 6.45) is 0.914. The largest absolute Gasteiger partial charge is 0.309 e. The molecule has 1 aliphatic rings. The number of benzene rings is 2. The first kappa shape index (κ1) is 14.2. The Morgan fingerprint density at radius 1 is 1.10 bits per heavy atom. The maximum atomic E-state index is 12.7. The molecule has 0 bridgehead atoms. The average molecular weight is 298 g/mol. The molecule has 0 saturated carbocycles. The zero-order valence-corrected chi connectivity index (χ0v) is 13.1. The molecule has 0 N–H and O–H groups in total. The number of carbonyl (C=O) groups excluding carboxylic acids is 1. The SMILES string of the molecule is CN(C)CCCN1C(=O)c2cccc3cccc(c23)C1=S. The average Bonchev–Trinajstić information content (AvgIpc) is 2.47. The van der Waals surface area contributed by atoms with E-state index in [1.54, 1.807) is 4.90 Å². The van der Waals surface area contributed by atoms with Crippen LogP contribution in [0, 0.1) is 0 Å². The van der Waals surface area contributed by atoms with E-state index in [1.807, 2.05) is 50.5 Å². The van der Waals surface area contributed by atoms with Gasteiger partial charge in [-0.15, -0.1) is 0 Å². The van der Waals surface area contributed by atoms with E-state index in [4.69, 9.17) is 12.2 Å². The molecule has 2 aromatic rings. The van der Waals surface area contributed by atoms with E-state index in [1.165, 1.54) is 0 Å². The van der Waals surface area contributed by atoms with Gasteiger partial charge < -0.3 is 4.90 Å². The van der Waals surface area contributed by atoms with Gasteiger partial charge in [0.05, 0.1) is 0 Å². The molecule has 0 atom stereocenters. The summed E-state index contributed by atoms with van der Waals surface area (Å²) in [6.45, 7) is 1.61. The van der Waals surface area contributed by atoms with Crippen LogP contribution in [0.5, 0.6) is 0 Å². The predicted molar refractivity (Wildman–Crippen MR) is 89.9 cm³/mol. The minimum absolute atomic E-state index is 0.0306. The Kier molecular flexibility index (Phi) is 3.74. The normalized spacial score (nSPS) is 14.3. The van der Waals surface area contributed by atoms with Crippen molar-refractivity contribution in [1.29, 1.82) is 0 Å². The Bertz CT molecular complexity index is 673. The third kappa shape index (κ3) is 2.45. The number of hydrogen-bond acceptors (Lipinski definition) is 3. The molecular weight excluding hydrogens is 280 g/mol. The van der Waals surface area contributed by atoms with Crippen molar-refractivity contribution >= 4 is 33.9 Å². The lowest BCUT2D eigenvalue weighted by Crippen LogP contribution is -2.41. The van der Waals surface area contributed by atoms with Gasteiger partial charge in [-0.05, 0) is 38.5 Å². The Morgan fingerprint density at radius 2 is 1.76 bits per heavy atom. The van der Waals surface area contributed by atoms with Crippen LogP contribution in [0.4, 0.5) is 0 Å². The summed E-state index contributed by atoms with van der Waals surface area (Å²) in [5.74, 6) is 0.0306. The number of amides is 1. The van der Waals surface area contributed by atoms with Crippen molar-refractivity contribution in [3.63, 3.8) is 0 Å². The number of hydrogen-bond donors (Lipinski definition) is 0. The lowest BCUT2D eigenvalue weighted by Gasteiger charge is -2.30. The van der Waals surface area contributed by atoms with Crippen LogP contribution < -0.4 is 0 Å². The molecule has 3 rings (SSSR count). The maximum absolute atomic E-state index is 12.7. The van der Waals surface area contributed by atoms with E-state index in [-0.39, 0.29) is 5.91 Å². The number of rotatable bonds is 4. The van der Waals surface area contributed by atoms with E-state index >= 15 is 0 Å². The molecule has 4 heteroatoms. The van der Waals surface area contributed by atoms with Crippen LogP contribution in [-0.4, -0.2) is 47.9 Å². The van der Waals surface area contributed by atoms with Crippen molar-refractivity contribution in [2.45, 2.75) is 6.42 Å². The van der Waals surface area contributed by atoms with Crippen LogP contribution in [0.2, 0.25) is 0 Å². The van der Waals surface area contributed by atoms with Crippen molar-refractivity contribution < 1.29 is 4.79 Å². The first-order valence-corrected chi connectivity index (χ1v) is 7.53. The third-order valence-corrected chi connectivity index (χ3v) is 4.28. The van der Waals surface area contributed by atoms with Crippen molar-refractivity contribution in [2.75, 3.05) is 27.2 Å². The summed E-state index contributed by atoms with van der Waals surface area (Å²) in [7, 11) is 4.07. The molecule has 0 saturated heterocycles. The van der Waals surface area contributed by atoms with Crippen LogP contribution in [-0.2, 0) is 0 Å².